The largest absolute Gasteiger partial charge is 0.481 e. The van der Waals surface area contributed by atoms with Gasteiger partial charge in [-0.1, -0.05) is 6.92 Å². The first kappa shape index (κ1) is 12.0. The van der Waals surface area contributed by atoms with Crippen LogP contribution in [0.2, 0.25) is 0 Å². The first-order chi connectivity index (χ1) is 7.22. The molecule has 0 radical (unpaired) electrons. The molecular formula is C11H15NO2S. The zero-order chi connectivity index (χ0) is 11.1. The molecule has 0 amide bonds. The molecule has 3 nitrogen and oxygen atoms in total. The van der Waals surface area contributed by atoms with Crippen LogP contribution < -0.4 is 0 Å². The van der Waals surface area contributed by atoms with Crippen molar-refractivity contribution in [2.24, 2.45) is 0 Å². The van der Waals surface area contributed by atoms with Crippen LogP contribution in [0.25, 0.3) is 0 Å². The van der Waals surface area contributed by atoms with Crippen molar-refractivity contribution >= 4 is 17.7 Å². The minimum atomic E-state index is -0.726. The molecule has 1 aromatic heterocycles. The fourth-order valence-electron chi connectivity index (χ4n) is 1.15. The van der Waals surface area contributed by atoms with E-state index in [1.807, 2.05) is 12.4 Å². The summed E-state index contributed by atoms with van der Waals surface area (Å²) in [6.45, 7) is 2.09. The summed E-state index contributed by atoms with van der Waals surface area (Å²) in [6.07, 6.45) is 5.62. The molecule has 0 aromatic carbocycles. The highest BCUT2D eigenvalue weighted by Crippen LogP contribution is 2.19. The zero-order valence-electron chi connectivity index (χ0n) is 8.77. The predicted octanol–water partition coefficient (Wildman–Crippen LogP) is 2.60. The van der Waals surface area contributed by atoms with E-state index in [0.29, 0.717) is 6.42 Å². The van der Waals surface area contributed by atoms with E-state index in [1.54, 1.807) is 11.8 Å². The van der Waals surface area contributed by atoms with Gasteiger partial charge in [0.1, 0.15) is 0 Å². The molecule has 0 aliphatic carbocycles. The van der Waals surface area contributed by atoms with Crippen LogP contribution in [0.15, 0.2) is 23.4 Å². The average Bonchev–Trinajstić information content (AvgIpc) is 2.24. The zero-order valence-corrected chi connectivity index (χ0v) is 9.59. The minimum Gasteiger partial charge on any atom is -0.481 e. The van der Waals surface area contributed by atoms with Gasteiger partial charge in [0, 0.05) is 23.7 Å². The highest BCUT2D eigenvalue weighted by Gasteiger charge is 1.99. The van der Waals surface area contributed by atoms with E-state index in [2.05, 4.69) is 18.0 Å². The van der Waals surface area contributed by atoms with Crippen LogP contribution in [-0.2, 0) is 11.2 Å². The van der Waals surface area contributed by atoms with Gasteiger partial charge in [0.05, 0.1) is 0 Å². The number of nitrogens with zero attached hydrogens (tertiary/aromatic N) is 1. The number of carbonyl (C=O) groups is 1. The van der Waals surface area contributed by atoms with E-state index in [1.165, 1.54) is 5.56 Å². The van der Waals surface area contributed by atoms with Gasteiger partial charge in [0.25, 0.3) is 0 Å². The van der Waals surface area contributed by atoms with Crippen molar-refractivity contribution in [1.29, 1.82) is 0 Å². The minimum absolute atomic E-state index is 0.244. The van der Waals surface area contributed by atoms with E-state index >= 15 is 0 Å². The SMILES string of the molecule is CCc1cncc(SCCCC(=O)O)c1. The lowest BCUT2D eigenvalue weighted by molar-refractivity contribution is -0.137. The first-order valence-corrected chi connectivity index (χ1v) is 5.99. The molecule has 0 fully saturated rings. The number of aliphatic carboxylic acids is 1. The smallest absolute Gasteiger partial charge is 0.303 e. The standard InChI is InChI=1S/C11H15NO2S/c1-2-9-6-10(8-12-7-9)15-5-3-4-11(13)14/h6-8H,2-5H2,1H3,(H,13,14). The molecule has 1 rings (SSSR count). The van der Waals surface area contributed by atoms with E-state index in [4.69, 9.17) is 5.11 Å². The maximum Gasteiger partial charge on any atom is 0.303 e. The molecule has 0 unspecified atom stereocenters. The number of aryl methyl sites for hydroxylation is 1. The van der Waals surface area contributed by atoms with Gasteiger partial charge < -0.3 is 5.11 Å². The van der Waals surface area contributed by atoms with E-state index in [-0.39, 0.29) is 6.42 Å². The first-order valence-electron chi connectivity index (χ1n) is 5.01. The van der Waals surface area contributed by atoms with Crippen molar-refractivity contribution in [3.05, 3.63) is 24.0 Å². The summed E-state index contributed by atoms with van der Waals surface area (Å²) >= 11 is 1.67. The summed E-state index contributed by atoms with van der Waals surface area (Å²) < 4.78 is 0. The van der Waals surface area contributed by atoms with Gasteiger partial charge in [-0.15, -0.1) is 11.8 Å². The van der Waals surface area contributed by atoms with E-state index in [9.17, 15) is 4.79 Å². The van der Waals surface area contributed by atoms with Crippen LogP contribution >= 0.6 is 11.8 Å². The third-order valence-electron chi connectivity index (χ3n) is 1.98. The van der Waals surface area contributed by atoms with Gasteiger partial charge in [-0.3, -0.25) is 9.78 Å². The van der Waals surface area contributed by atoms with Crippen LogP contribution in [0, 0.1) is 0 Å². The van der Waals surface area contributed by atoms with Crippen LogP contribution in [0.1, 0.15) is 25.3 Å². The second kappa shape index (κ2) is 6.45. The summed E-state index contributed by atoms with van der Waals surface area (Å²) in [5.41, 5.74) is 1.22. The van der Waals surface area contributed by atoms with Crippen LogP contribution in [0.5, 0.6) is 0 Å². The number of carboxylic acids is 1. The number of hydrogen-bond donors (Lipinski definition) is 1. The summed E-state index contributed by atoms with van der Waals surface area (Å²) in [6, 6.07) is 2.11. The summed E-state index contributed by atoms with van der Waals surface area (Å²) in [5.74, 6) is 0.109. The summed E-state index contributed by atoms with van der Waals surface area (Å²) in [5, 5.41) is 8.47. The van der Waals surface area contributed by atoms with Crippen molar-refractivity contribution in [3.8, 4) is 0 Å². The molecule has 1 aromatic rings. The maximum atomic E-state index is 10.3. The van der Waals surface area contributed by atoms with Gasteiger partial charge in [0.2, 0.25) is 0 Å². The van der Waals surface area contributed by atoms with Gasteiger partial charge in [0.15, 0.2) is 0 Å². The highest BCUT2D eigenvalue weighted by atomic mass is 32.2. The Bertz CT molecular complexity index is 328. The summed E-state index contributed by atoms with van der Waals surface area (Å²) in [7, 11) is 0. The van der Waals surface area contributed by atoms with Crippen molar-refractivity contribution in [3.63, 3.8) is 0 Å². The van der Waals surface area contributed by atoms with Crippen molar-refractivity contribution < 1.29 is 9.90 Å². The number of hydrogen-bond acceptors (Lipinski definition) is 3. The molecule has 4 heteroatoms. The molecule has 0 spiro atoms. The fourth-order valence-corrected chi connectivity index (χ4v) is 2.04. The Labute approximate surface area is 93.9 Å². The van der Waals surface area contributed by atoms with Gasteiger partial charge in [-0.25, -0.2) is 0 Å². The van der Waals surface area contributed by atoms with Gasteiger partial charge in [-0.2, -0.15) is 0 Å². The molecule has 0 bridgehead atoms. The lowest BCUT2D eigenvalue weighted by Gasteiger charge is -2.01. The Kier molecular flexibility index (Phi) is 5.18. The fraction of sp³-hybridized carbons (Fsp3) is 0.455. The molecule has 0 aliphatic heterocycles. The Balaban J connectivity index is 2.33. The van der Waals surface area contributed by atoms with Crippen LogP contribution in [-0.4, -0.2) is 21.8 Å². The Morgan fingerprint density at radius 1 is 1.53 bits per heavy atom. The highest BCUT2D eigenvalue weighted by molar-refractivity contribution is 7.99. The normalized spacial score (nSPS) is 10.2. The molecule has 0 saturated heterocycles. The van der Waals surface area contributed by atoms with Crippen LogP contribution in [0.4, 0.5) is 0 Å². The number of aromatic nitrogens is 1. The average molecular weight is 225 g/mol. The monoisotopic (exact) mass is 225 g/mol. The number of thioether (sulfide) groups is 1. The predicted molar refractivity (Wildman–Crippen MR) is 61.2 cm³/mol. The number of carboxylic acid groups (broad SMARTS) is 1. The lowest BCUT2D eigenvalue weighted by Crippen LogP contribution is -1.94. The van der Waals surface area contributed by atoms with E-state index in [0.717, 1.165) is 17.1 Å². The Morgan fingerprint density at radius 2 is 2.33 bits per heavy atom. The Hall–Kier alpha value is -1.03. The second-order valence-electron chi connectivity index (χ2n) is 3.23. The second-order valence-corrected chi connectivity index (χ2v) is 4.40. The Morgan fingerprint density at radius 3 is 3.00 bits per heavy atom. The van der Waals surface area contributed by atoms with Crippen molar-refractivity contribution in [2.45, 2.75) is 31.1 Å². The molecule has 1 N–H and O–H groups in total. The molecule has 0 saturated carbocycles. The molecular weight excluding hydrogens is 210 g/mol. The molecule has 82 valence electrons. The molecule has 15 heavy (non-hydrogen) atoms. The molecule has 0 atom stereocenters. The van der Waals surface area contributed by atoms with E-state index < -0.39 is 5.97 Å². The van der Waals surface area contributed by atoms with Gasteiger partial charge >= 0.3 is 5.97 Å². The number of rotatable bonds is 6. The summed E-state index contributed by atoms with van der Waals surface area (Å²) in [4.78, 5) is 15.5. The third kappa shape index (κ3) is 4.83. The topological polar surface area (TPSA) is 50.2 Å². The van der Waals surface area contributed by atoms with Crippen molar-refractivity contribution in [2.75, 3.05) is 5.75 Å². The van der Waals surface area contributed by atoms with Crippen LogP contribution in [0.3, 0.4) is 0 Å². The molecule has 1 heterocycles. The quantitative estimate of drug-likeness (QED) is 0.597. The third-order valence-corrected chi connectivity index (χ3v) is 3.03. The van der Waals surface area contributed by atoms with Crippen molar-refractivity contribution in [1.82, 2.24) is 4.98 Å². The maximum absolute atomic E-state index is 10.3. The van der Waals surface area contributed by atoms with Gasteiger partial charge in [-0.05, 0) is 30.2 Å². The number of pyridine rings is 1. The molecule has 0 aliphatic rings. The lowest BCUT2D eigenvalue weighted by atomic mass is 10.2.